The van der Waals surface area contributed by atoms with Gasteiger partial charge in [0.25, 0.3) is 0 Å². The fourth-order valence-corrected chi connectivity index (χ4v) is 3.57. The molecule has 0 aromatic carbocycles. The van der Waals surface area contributed by atoms with Crippen LogP contribution >= 0.6 is 0 Å². The van der Waals surface area contributed by atoms with Crippen molar-refractivity contribution in [3.05, 3.63) is 0 Å². The van der Waals surface area contributed by atoms with Crippen LogP contribution in [0.5, 0.6) is 0 Å². The van der Waals surface area contributed by atoms with Gasteiger partial charge in [-0.05, 0) is 39.0 Å². The quantitative estimate of drug-likeness (QED) is 0.760. The Balaban J connectivity index is 2.19. The van der Waals surface area contributed by atoms with Crippen LogP contribution < -0.4 is 10.6 Å². The third-order valence-electron chi connectivity index (χ3n) is 4.91. The Hall–Kier alpha value is -1.10. The number of nitrogens with zero attached hydrogens (tertiary/aromatic N) is 1. The monoisotopic (exact) mass is 323 g/mol. The van der Waals surface area contributed by atoms with Crippen molar-refractivity contribution in [3.8, 4) is 0 Å². The minimum Gasteiger partial charge on any atom is -0.350 e. The van der Waals surface area contributed by atoms with Crippen LogP contribution in [0.2, 0.25) is 0 Å². The van der Waals surface area contributed by atoms with Gasteiger partial charge in [0.1, 0.15) is 6.04 Å². The van der Waals surface area contributed by atoms with E-state index in [1.165, 1.54) is 0 Å². The summed E-state index contributed by atoms with van der Waals surface area (Å²) in [4.78, 5) is 27.4. The van der Waals surface area contributed by atoms with Crippen molar-refractivity contribution in [3.63, 3.8) is 0 Å². The zero-order valence-corrected chi connectivity index (χ0v) is 15.6. The highest BCUT2D eigenvalue weighted by Gasteiger charge is 2.62. The third kappa shape index (κ3) is 3.87. The zero-order valence-electron chi connectivity index (χ0n) is 15.6. The lowest BCUT2D eigenvalue weighted by molar-refractivity contribution is -0.135. The number of amides is 2. The van der Waals surface area contributed by atoms with Gasteiger partial charge in [-0.1, -0.05) is 34.1 Å². The van der Waals surface area contributed by atoms with Crippen LogP contribution in [0.15, 0.2) is 0 Å². The lowest BCUT2D eigenvalue weighted by Gasteiger charge is -2.34. The summed E-state index contributed by atoms with van der Waals surface area (Å²) in [5, 5.41) is 6.44. The summed E-state index contributed by atoms with van der Waals surface area (Å²) in [7, 11) is 0. The van der Waals surface area contributed by atoms with E-state index in [0.717, 1.165) is 12.8 Å². The van der Waals surface area contributed by atoms with Crippen molar-refractivity contribution < 1.29 is 9.59 Å². The topological polar surface area (TPSA) is 61.2 Å². The van der Waals surface area contributed by atoms with E-state index in [9.17, 15) is 9.59 Å². The van der Waals surface area contributed by atoms with Crippen molar-refractivity contribution in [1.82, 2.24) is 15.5 Å². The van der Waals surface area contributed by atoms with Gasteiger partial charge in [0.2, 0.25) is 11.8 Å². The van der Waals surface area contributed by atoms with Crippen LogP contribution in [-0.4, -0.2) is 46.4 Å². The molecule has 0 radical (unpaired) electrons. The average Bonchev–Trinajstić information content (AvgIpc) is 3.10. The predicted octanol–water partition coefficient (Wildman–Crippen LogP) is 1.91. The largest absolute Gasteiger partial charge is 0.350 e. The Morgan fingerprint density at radius 2 is 1.91 bits per heavy atom. The molecular weight excluding hydrogens is 290 g/mol. The molecule has 0 bridgehead atoms. The highest BCUT2D eigenvalue weighted by molar-refractivity contribution is 5.93. The lowest BCUT2D eigenvalue weighted by atomic mass is 9.94. The van der Waals surface area contributed by atoms with Crippen LogP contribution in [0.1, 0.15) is 61.3 Å². The van der Waals surface area contributed by atoms with E-state index in [1.807, 2.05) is 25.7 Å². The molecule has 2 amide bonds. The second-order valence-electron chi connectivity index (χ2n) is 8.68. The second kappa shape index (κ2) is 6.42. The van der Waals surface area contributed by atoms with E-state index in [4.69, 9.17) is 0 Å². The summed E-state index contributed by atoms with van der Waals surface area (Å²) in [6.45, 7) is 14.5. The maximum Gasteiger partial charge on any atom is 0.240 e. The van der Waals surface area contributed by atoms with Crippen molar-refractivity contribution in [2.75, 3.05) is 0 Å². The normalized spacial score (nSPS) is 31.8. The third-order valence-corrected chi connectivity index (χ3v) is 4.91. The van der Waals surface area contributed by atoms with Crippen molar-refractivity contribution >= 4 is 11.8 Å². The molecule has 0 aromatic heterocycles. The molecule has 2 heterocycles. The minimum atomic E-state index is -0.297. The highest BCUT2D eigenvalue weighted by atomic mass is 16.2. The van der Waals surface area contributed by atoms with Gasteiger partial charge in [0.15, 0.2) is 0 Å². The molecule has 5 heteroatoms. The van der Waals surface area contributed by atoms with Gasteiger partial charge >= 0.3 is 0 Å². The van der Waals surface area contributed by atoms with Crippen LogP contribution in [0.4, 0.5) is 0 Å². The summed E-state index contributed by atoms with van der Waals surface area (Å²) < 4.78 is 0. The fourth-order valence-electron chi connectivity index (χ4n) is 3.57. The molecule has 0 aliphatic carbocycles. The van der Waals surface area contributed by atoms with E-state index in [-0.39, 0.29) is 47.4 Å². The molecular formula is C18H33N3O2. The first-order valence-corrected chi connectivity index (χ1v) is 8.97. The molecule has 23 heavy (non-hydrogen) atoms. The SMILES string of the molecule is CC[C@H](C)[C@@H]1N[C@@H](C(=O)NC(C)(C)C)[C@@H]2[C@@H](CC(C)C)N2C1=O. The molecule has 0 spiro atoms. The number of carbonyl (C=O) groups is 2. The summed E-state index contributed by atoms with van der Waals surface area (Å²) in [6, 6.07) is -0.314. The van der Waals surface area contributed by atoms with Gasteiger partial charge < -0.3 is 10.2 Å². The first-order valence-electron chi connectivity index (χ1n) is 8.97. The van der Waals surface area contributed by atoms with Crippen LogP contribution in [0.3, 0.4) is 0 Å². The van der Waals surface area contributed by atoms with Crippen LogP contribution in [-0.2, 0) is 9.59 Å². The van der Waals surface area contributed by atoms with Gasteiger partial charge in [-0.25, -0.2) is 0 Å². The molecule has 0 saturated carbocycles. The Kier molecular flexibility index (Phi) is 5.09. The summed E-state index contributed by atoms with van der Waals surface area (Å²) in [5.74, 6) is 0.940. The second-order valence-corrected chi connectivity index (χ2v) is 8.68. The van der Waals surface area contributed by atoms with E-state index in [1.54, 1.807) is 0 Å². The Labute approximate surface area is 140 Å². The molecule has 5 atom stereocenters. The molecule has 2 fully saturated rings. The number of hydrogen-bond donors (Lipinski definition) is 2. The first kappa shape index (κ1) is 18.2. The number of carbonyl (C=O) groups excluding carboxylic acids is 2. The summed E-state index contributed by atoms with van der Waals surface area (Å²) >= 11 is 0. The van der Waals surface area contributed by atoms with Crippen molar-refractivity contribution in [2.24, 2.45) is 11.8 Å². The standard InChI is InChI=1S/C18H33N3O2/c1-8-11(4)13-17(23)21-12(9-10(2)3)15(21)14(19-13)16(22)20-18(5,6)7/h10-15,19H,8-9H2,1-7H3,(H,20,22)/t11-,12+,13-,14+,15-,21?/m0/s1. The van der Waals surface area contributed by atoms with E-state index in [2.05, 4.69) is 38.3 Å². The number of piperazine rings is 1. The molecule has 0 unspecified atom stereocenters. The fraction of sp³-hybridized carbons (Fsp3) is 0.889. The maximum absolute atomic E-state index is 12.7. The lowest BCUT2D eigenvalue weighted by Crippen LogP contribution is -2.62. The van der Waals surface area contributed by atoms with Crippen molar-refractivity contribution in [1.29, 1.82) is 0 Å². The van der Waals surface area contributed by atoms with Crippen LogP contribution in [0, 0.1) is 11.8 Å². The number of fused-ring (bicyclic) bond motifs is 1. The molecule has 2 N–H and O–H groups in total. The molecule has 2 rings (SSSR count). The molecule has 132 valence electrons. The Morgan fingerprint density at radius 1 is 1.30 bits per heavy atom. The van der Waals surface area contributed by atoms with Crippen molar-refractivity contribution in [2.45, 2.75) is 91.0 Å². The summed E-state index contributed by atoms with van der Waals surface area (Å²) in [6.07, 6.45) is 1.88. The van der Waals surface area contributed by atoms with E-state index < -0.39 is 0 Å². The van der Waals surface area contributed by atoms with Crippen LogP contribution in [0.25, 0.3) is 0 Å². The van der Waals surface area contributed by atoms with E-state index >= 15 is 0 Å². The molecule has 5 nitrogen and oxygen atoms in total. The Morgan fingerprint density at radius 3 is 2.39 bits per heavy atom. The summed E-state index contributed by atoms with van der Waals surface area (Å²) in [5.41, 5.74) is -0.265. The van der Waals surface area contributed by atoms with Gasteiger partial charge in [0.05, 0.1) is 18.1 Å². The van der Waals surface area contributed by atoms with Gasteiger partial charge in [0, 0.05) is 5.54 Å². The molecule has 2 aliphatic rings. The van der Waals surface area contributed by atoms with Gasteiger partial charge in [-0.15, -0.1) is 0 Å². The van der Waals surface area contributed by atoms with Gasteiger partial charge in [-0.2, -0.15) is 0 Å². The number of hydrogen-bond acceptors (Lipinski definition) is 3. The first-order chi connectivity index (χ1) is 10.6. The van der Waals surface area contributed by atoms with E-state index in [0.29, 0.717) is 5.92 Å². The zero-order chi connectivity index (χ0) is 17.5. The molecule has 2 saturated heterocycles. The number of rotatable bonds is 5. The highest BCUT2D eigenvalue weighted by Crippen LogP contribution is 2.40. The molecule has 0 aromatic rings. The molecule has 2 aliphatic heterocycles. The maximum atomic E-state index is 12.7. The smallest absolute Gasteiger partial charge is 0.240 e. The minimum absolute atomic E-state index is 0.0135. The predicted molar refractivity (Wildman–Crippen MR) is 91.9 cm³/mol. The Bertz CT molecular complexity index is 469. The van der Waals surface area contributed by atoms with Gasteiger partial charge in [-0.3, -0.25) is 14.9 Å². The average molecular weight is 323 g/mol. The number of nitrogens with one attached hydrogen (secondary N) is 2.